The number of nitrogens with zero attached hydrogens (tertiary/aromatic N) is 6. The van der Waals surface area contributed by atoms with Gasteiger partial charge in [0.05, 0.1) is 28.8 Å². The Kier molecular flexibility index (Phi) is 5.74. The van der Waals surface area contributed by atoms with Crippen LogP contribution >= 0.6 is 0 Å². The van der Waals surface area contributed by atoms with Gasteiger partial charge in [-0.3, -0.25) is 24.3 Å². The molecule has 0 spiro atoms. The number of hydrogen-bond donors (Lipinski definition) is 0. The zero-order valence-electron chi connectivity index (χ0n) is 20.6. The van der Waals surface area contributed by atoms with Crippen molar-refractivity contribution in [2.45, 2.75) is 57.9 Å². The summed E-state index contributed by atoms with van der Waals surface area (Å²) in [6.07, 6.45) is 9.32. The van der Waals surface area contributed by atoms with Crippen LogP contribution in [0.3, 0.4) is 0 Å². The van der Waals surface area contributed by atoms with Crippen LogP contribution in [0.1, 0.15) is 65.9 Å². The highest BCUT2D eigenvalue weighted by molar-refractivity contribution is 5.71. The minimum atomic E-state index is -0.213. The zero-order valence-corrected chi connectivity index (χ0v) is 20.6. The van der Waals surface area contributed by atoms with Gasteiger partial charge in [0.2, 0.25) is 0 Å². The van der Waals surface area contributed by atoms with E-state index in [-0.39, 0.29) is 23.3 Å². The van der Waals surface area contributed by atoms with Gasteiger partial charge in [0.1, 0.15) is 11.3 Å². The van der Waals surface area contributed by atoms with E-state index in [1.54, 1.807) is 24.7 Å². The molecule has 184 valence electrons. The standard InChI is InChI=1S/C28H29FN6O/c1-17-5-3-6-21(29)26(17)34-13-9-19(10-14-34)20-15-23-27(33-18(2)16-32-23)35(28(20)36)24-8-4-7-22-25(24)31-12-11-30-22/h3,5-6,11-12,15-16,19,24H,4,7-10,13-14H2,1-2H3. The summed E-state index contributed by atoms with van der Waals surface area (Å²) >= 11 is 0. The van der Waals surface area contributed by atoms with Gasteiger partial charge < -0.3 is 4.90 Å². The molecule has 1 atom stereocenters. The average Bonchev–Trinajstić information content (AvgIpc) is 2.89. The van der Waals surface area contributed by atoms with Crippen molar-refractivity contribution in [3.63, 3.8) is 0 Å². The van der Waals surface area contributed by atoms with Gasteiger partial charge in [-0.05, 0) is 69.6 Å². The summed E-state index contributed by atoms with van der Waals surface area (Å²) in [6.45, 7) is 5.23. The van der Waals surface area contributed by atoms with Crippen molar-refractivity contribution in [1.29, 1.82) is 0 Å². The topological polar surface area (TPSA) is 76.8 Å². The lowest BCUT2D eigenvalue weighted by atomic mass is 9.88. The smallest absolute Gasteiger partial charge is 0.256 e. The summed E-state index contributed by atoms with van der Waals surface area (Å²) in [5, 5.41) is 0. The first kappa shape index (κ1) is 22.8. The Morgan fingerprint density at radius 3 is 2.64 bits per heavy atom. The molecule has 1 aromatic carbocycles. The Morgan fingerprint density at radius 1 is 1.03 bits per heavy atom. The van der Waals surface area contributed by atoms with Crippen LogP contribution in [0.15, 0.2) is 47.7 Å². The fourth-order valence-electron chi connectivity index (χ4n) is 5.92. The SMILES string of the molecule is Cc1cnc2cc(C3CCN(c4c(C)cccc4F)CC3)c(=O)n(C3CCCc4nccnc43)c2n1. The van der Waals surface area contributed by atoms with E-state index < -0.39 is 0 Å². The second-order valence-electron chi connectivity index (χ2n) is 9.96. The molecule has 4 heterocycles. The number of halogens is 1. The molecule has 1 unspecified atom stereocenters. The summed E-state index contributed by atoms with van der Waals surface area (Å²) in [7, 11) is 0. The van der Waals surface area contributed by atoms with Crippen LogP contribution in [0.5, 0.6) is 0 Å². The van der Waals surface area contributed by atoms with Crippen molar-refractivity contribution in [1.82, 2.24) is 24.5 Å². The maximum atomic E-state index is 14.6. The largest absolute Gasteiger partial charge is 0.369 e. The van der Waals surface area contributed by atoms with Gasteiger partial charge in [-0.1, -0.05) is 12.1 Å². The Balaban J connectivity index is 1.41. The van der Waals surface area contributed by atoms with E-state index in [1.807, 2.05) is 30.5 Å². The number of aryl methyl sites for hydroxylation is 3. The van der Waals surface area contributed by atoms with Crippen LogP contribution in [-0.4, -0.2) is 37.6 Å². The highest BCUT2D eigenvalue weighted by atomic mass is 19.1. The van der Waals surface area contributed by atoms with Gasteiger partial charge in [-0.15, -0.1) is 0 Å². The third kappa shape index (κ3) is 3.85. The number of pyridine rings is 1. The molecule has 0 amide bonds. The van der Waals surface area contributed by atoms with Crippen LogP contribution in [-0.2, 0) is 6.42 Å². The van der Waals surface area contributed by atoms with Crippen molar-refractivity contribution in [2.75, 3.05) is 18.0 Å². The van der Waals surface area contributed by atoms with Crippen molar-refractivity contribution >= 4 is 16.9 Å². The van der Waals surface area contributed by atoms with Crippen LogP contribution in [0, 0.1) is 19.7 Å². The predicted octanol–water partition coefficient (Wildman–Crippen LogP) is 4.65. The number of rotatable bonds is 3. The summed E-state index contributed by atoms with van der Waals surface area (Å²) in [5.74, 6) is -0.117. The second kappa shape index (κ2) is 9.08. The van der Waals surface area contributed by atoms with E-state index in [4.69, 9.17) is 4.98 Å². The maximum absolute atomic E-state index is 14.6. The second-order valence-corrected chi connectivity index (χ2v) is 9.96. The quantitative estimate of drug-likeness (QED) is 0.421. The fraction of sp³-hybridized carbons (Fsp3) is 0.393. The Bertz CT molecular complexity index is 1490. The predicted molar refractivity (Wildman–Crippen MR) is 137 cm³/mol. The summed E-state index contributed by atoms with van der Waals surface area (Å²) in [5.41, 5.74) is 6.26. The molecule has 0 radical (unpaired) electrons. The number of anilines is 1. The van der Waals surface area contributed by atoms with E-state index in [1.165, 1.54) is 6.07 Å². The number of piperidine rings is 1. The zero-order chi connectivity index (χ0) is 24.8. The molecule has 4 aromatic rings. The van der Waals surface area contributed by atoms with Gasteiger partial charge in [-0.25, -0.2) is 9.37 Å². The van der Waals surface area contributed by atoms with Crippen LogP contribution in [0.4, 0.5) is 10.1 Å². The van der Waals surface area contributed by atoms with Crippen LogP contribution in [0.25, 0.3) is 11.2 Å². The van der Waals surface area contributed by atoms with Crippen molar-refractivity contribution in [2.24, 2.45) is 0 Å². The lowest BCUT2D eigenvalue weighted by Crippen LogP contribution is -2.37. The van der Waals surface area contributed by atoms with Gasteiger partial charge in [0, 0.05) is 37.2 Å². The maximum Gasteiger partial charge on any atom is 0.256 e. The van der Waals surface area contributed by atoms with E-state index in [9.17, 15) is 9.18 Å². The number of benzene rings is 1. The Hall–Kier alpha value is -3.68. The Labute approximate surface area is 209 Å². The van der Waals surface area contributed by atoms with Crippen LogP contribution in [0.2, 0.25) is 0 Å². The molecule has 1 aliphatic carbocycles. The Morgan fingerprint density at radius 2 is 1.83 bits per heavy atom. The van der Waals surface area contributed by atoms with Gasteiger partial charge in [0.15, 0.2) is 5.65 Å². The normalized spacial score (nSPS) is 18.4. The summed E-state index contributed by atoms with van der Waals surface area (Å²) in [4.78, 5) is 34.8. The summed E-state index contributed by atoms with van der Waals surface area (Å²) in [6, 6.07) is 6.92. The van der Waals surface area contributed by atoms with Gasteiger partial charge in [0.25, 0.3) is 5.56 Å². The number of fused-ring (bicyclic) bond motifs is 2. The molecular weight excluding hydrogens is 455 g/mol. The van der Waals surface area contributed by atoms with Crippen molar-refractivity contribution in [3.8, 4) is 0 Å². The third-order valence-electron chi connectivity index (χ3n) is 7.65. The molecular formula is C28H29FN6O. The number of para-hydroxylation sites is 1. The van der Waals surface area contributed by atoms with Gasteiger partial charge >= 0.3 is 0 Å². The molecule has 0 N–H and O–H groups in total. The highest BCUT2D eigenvalue weighted by Gasteiger charge is 2.31. The van der Waals surface area contributed by atoms with Crippen LogP contribution < -0.4 is 10.5 Å². The highest BCUT2D eigenvalue weighted by Crippen LogP contribution is 2.35. The molecule has 0 bridgehead atoms. The number of hydrogen-bond acceptors (Lipinski definition) is 6. The lowest BCUT2D eigenvalue weighted by Gasteiger charge is -2.35. The third-order valence-corrected chi connectivity index (χ3v) is 7.65. The minimum absolute atomic E-state index is 0.0218. The van der Waals surface area contributed by atoms with Gasteiger partial charge in [-0.2, -0.15) is 0 Å². The molecule has 8 heteroatoms. The molecule has 36 heavy (non-hydrogen) atoms. The average molecular weight is 485 g/mol. The van der Waals surface area contributed by atoms with E-state index in [0.717, 1.165) is 65.8 Å². The summed E-state index contributed by atoms with van der Waals surface area (Å²) < 4.78 is 16.4. The fourth-order valence-corrected chi connectivity index (χ4v) is 5.92. The molecule has 1 aliphatic heterocycles. The molecule has 1 fully saturated rings. The molecule has 1 saturated heterocycles. The minimum Gasteiger partial charge on any atom is -0.369 e. The van der Waals surface area contributed by atoms with E-state index in [0.29, 0.717) is 24.4 Å². The first-order valence-electron chi connectivity index (χ1n) is 12.7. The van der Waals surface area contributed by atoms with Crippen molar-refractivity contribution < 1.29 is 4.39 Å². The lowest BCUT2D eigenvalue weighted by molar-refractivity contribution is 0.454. The first-order chi connectivity index (χ1) is 17.5. The molecule has 6 rings (SSSR count). The molecule has 3 aromatic heterocycles. The number of aromatic nitrogens is 5. The molecule has 0 saturated carbocycles. The van der Waals surface area contributed by atoms with E-state index >= 15 is 0 Å². The molecule has 7 nitrogen and oxygen atoms in total. The molecule has 2 aliphatic rings. The first-order valence-corrected chi connectivity index (χ1v) is 12.7. The van der Waals surface area contributed by atoms with E-state index in [2.05, 4.69) is 19.9 Å². The van der Waals surface area contributed by atoms with Crippen molar-refractivity contribution in [3.05, 3.63) is 87.2 Å². The monoisotopic (exact) mass is 484 g/mol.